The molecule has 0 radical (unpaired) electrons. The molecule has 0 spiro atoms. The standard InChI is InChI=1S/C18H19Cl2FN2O2/c1-18(2,3)25-17(24)23-6-4-5-10(9-23)11-8-22-16-12(19)7-13(21)15(20)14(11)16/h5,7-8,22H,4,6,9H2,1-3H3. The van der Waals surface area contributed by atoms with Crippen LogP contribution < -0.4 is 0 Å². The summed E-state index contributed by atoms with van der Waals surface area (Å²) in [5.41, 5.74) is 1.65. The van der Waals surface area contributed by atoms with Crippen LogP contribution in [-0.2, 0) is 4.74 Å². The number of amides is 1. The van der Waals surface area contributed by atoms with Gasteiger partial charge in [-0.1, -0.05) is 29.3 Å². The molecule has 0 atom stereocenters. The summed E-state index contributed by atoms with van der Waals surface area (Å²) >= 11 is 12.3. The molecular weight excluding hydrogens is 366 g/mol. The zero-order valence-electron chi connectivity index (χ0n) is 14.3. The van der Waals surface area contributed by atoms with Gasteiger partial charge in [-0.15, -0.1) is 0 Å². The maximum Gasteiger partial charge on any atom is 0.410 e. The number of carbonyl (C=O) groups excluding carboxylic acids is 1. The van der Waals surface area contributed by atoms with E-state index in [4.69, 9.17) is 27.9 Å². The number of carbonyl (C=O) groups is 1. The molecule has 4 nitrogen and oxygen atoms in total. The van der Waals surface area contributed by atoms with Crippen molar-refractivity contribution in [1.29, 1.82) is 0 Å². The molecule has 1 aliphatic heterocycles. The highest BCUT2D eigenvalue weighted by Gasteiger charge is 2.26. The summed E-state index contributed by atoms with van der Waals surface area (Å²) in [5.74, 6) is -0.569. The molecule has 7 heteroatoms. The minimum absolute atomic E-state index is 0.0194. The largest absolute Gasteiger partial charge is 0.444 e. The van der Waals surface area contributed by atoms with Crippen molar-refractivity contribution in [2.45, 2.75) is 32.8 Å². The van der Waals surface area contributed by atoms with E-state index in [9.17, 15) is 9.18 Å². The molecule has 0 aliphatic carbocycles. The summed E-state index contributed by atoms with van der Waals surface area (Å²) < 4.78 is 19.4. The Morgan fingerprint density at radius 2 is 2.08 bits per heavy atom. The Morgan fingerprint density at radius 1 is 1.36 bits per heavy atom. The lowest BCUT2D eigenvalue weighted by molar-refractivity contribution is 0.0273. The smallest absolute Gasteiger partial charge is 0.410 e. The summed E-state index contributed by atoms with van der Waals surface area (Å²) in [4.78, 5) is 17.0. The fourth-order valence-electron chi connectivity index (χ4n) is 2.88. The van der Waals surface area contributed by atoms with Crippen LogP contribution >= 0.6 is 23.2 Å². The highest BCUT2D eigenvalue weighted by atomic mass is 35.5. The lowest BCUT2D eigenvalue weighted by Gasteiger charge is -2.30. The van der Waals surface area contributed by atoms with Gasteiger partial charge in [-0.05, 0) is 38.8 Å². The van der Waals surface area contributed by atoms with Gasteiger partial charge in [0, 0.05) is 30.2 Å². The van der Waals surface area contributed by atoms with Gasteiger partial charge in [-0.25, -0.2) is 9.18 Å². The highest BCUT2D eigenvalue weighted by molar-refractivity contribution is 6.40. The number of fused-ring (bicyclic) bond motifs is 1. The van der Waals surface area contributed by atoms with Crippen molar-refractivity contribution in [3.63, 3.8) is 0 Å². The van der Waals surface area contributed by atoms with Crippen LogP contribution in [0.15, 0.2) is 18.3 Å². The maximum atomic E-state index is 14.0. The Bertz CT molecular complexity index is 868. The van der Waals surface area contributed by atoms with Gasteiger partial charge in [-0.2, -0.15) is 0 Å². The summed E-state index contributed by atoms with van der Waals surface area (Å²) in [5, 5.41) is 0.818. The van der Waals surface area contributed by atoms with Crippen molar-refractivity contribution >= 4 is 45.8 Å². The minimum atomic E-state index is -0.569. The summed E-state index contributed by atoms with van der Waals surface area (Å²) in [7, 11) is 0. The van der Waals surface area contributed by atoms with E-state index in [1.807, 2.05) is 26.8 Å². The quantitative estimate of drug-likeness (QED) is 0.646. The normalized spacial score (nSPS) is 15.4. The molecule has 0 saturated heterocycles. The van der Waals surface area contributed by atoms with E-state index in [0.717, 1.165) is 11.1 Å². The molecule has 1 N–H and O–H groups in total. The SMILES string of the molecule is CC(C)(C)OC(=O)N1CCC=C(c2c[nH]c3c(Cl)cc(F)c(Cl)c23)C1. The van der Waals surface area contributed by atoms with Crippen LogP contribution in [0.4, 0.5) is 9.18 Å². The van der Waals surface area contributed by atoms with Gasteiger partial charge in [0.05, 0.1) is 15.6 Å². The summed E-state index contributed by atoms with van der Waals surface area (Å²) in [6.07, 6.45) is 4.08. The summed E-state index contributed by atoms with van der Waals surface area (Å²) in [6, 6.07) is 1.19. The van der Waals surface area contributed by atoms with E-state index in [2.05, 4.69) is 4.98 Å². The van der Waals surface area contributed by atoms with Crippen LogP contribution in [0.25, 0.3) is 16.5 Å². The molecule has 1 amide bonds. The van der Waals surface area contributed by atoms with E-state index < -0.39 is 11.4 Å². The van der Waals surface area contributed by atoms with Crippen molar-refractivity contribution in [3.8, 4) is 0 Å². The Kier molecular flexibility index (Phi) is 4.73. The molecule has 3 rings (SSSR count). The van der Waals surface area contributed by atoms with Crippen LogP contribution in [0, 0.1) is 5.82 Å². The third kappa shape index (κ3) is 3.62. The number of ether oxygens (including phenoxy) is 1. The average molecular weight is 385 g/mol. The van der Waals surface area contributed by atoms with Crippen molar-refractivity contribution < 1.29 is 13.9 Å². The van der Waals surface area contributed by atoms with Gasteiger partial charge in [0.15, 0.2) is 0 Å². The monoisotopic (exact) mass is 384 g/mol. The molecule has 0 bridgehead atoms. The van der Waals surface area contributed by atoms with E-state index in [-0.39, 0.29) is 16.1 Å². The average Bonchev–Trinajstić information content (AvgIpc) is 2.97. The molecular formula is C18H19Cl2FN2O2. The number of aromatic amines is 1. The third-order valence-electron chi connectivity index (χ3n) is 3.95. The Morgan fingerprint density at radius 3 is 2.76 bits per heavy atom. The topological polar surface area (TPSA) is 45.3 Å². The van der Waals surface area contributed by atoms with Crippen LogP contribution in [0.3, 0.4) is 0 Å². The molecule has 0 fully saturated rings. The zero-order valence-corrected chi connectivity index (χ0v) is 15.8. The predicted molar refractivity (Wildman–Crippen MR) is 98.7 cm³/mol. The first-order valence-corrected chi connectivity index (χ1v) is 8.75. The second-order valence-electron chi connectivity index (χ2n) is 7.03. The zero-order chi connectivity index (χ0) is 18.4. The Labute approximate surface area is 155 Å². The van der Waals surface area contributed by atoms with E-state index >= 15 is 0 Å². The van der Waals surface area contributed by atoms with Gasteiger partial charge in [0.1, 0.15) is 11.4 Å². The number of hydrogen-bond donors (Lipinski definition) is 1. The number of benzene rings is 1. The number of nitrogens with zero attached hydrogens (tertiary/aromatic N) is 1. The van der Waals surface area contributed by atoms with E-state index in [1.54, 1.807) is 11.1 Å². The van der Waals surface area contributed by atoms with Crippen LogP contribution in [-0.4, -0.2) is 34.7 Å². The second-order valence-corrected chi connectivity index (χ2v) is 7.81. The third-order valence-corrected chi connectivity index (χ3v) is 4.62. The van der Waals surface area contributed by atoms with Crippen LogP contribution in [0.2, 0.25) is 10.0 Å². The van der Waals surface area contributed by atoms with Gasteiger partial charge < -0.3 is 14.6 Å². The first-order valence-electron chi connectivity index (χ1n) is 7.99. The lowest BCUT2D eigenvalue weighted by atomic mass is 10.0. The van der Waals surface area contributed by atoms with Crippen molar-refractivity contribution in [1.82, 2.24) is 9.88 Å². The van der Waals surface area contributed by atoms with Gasteiger partial charge in [0.25, 0.3) is 0 Å². The molecule has 25 heavy (non-hydrogen) atoms. The van der Waals surface area contributed by atoms with Crippen molar-refractivity contribution in [3.05, 3.63) is 39.8 Å². The molecule has 1 aromatic heterocycles. The number of nitrogens with one attached hydrogen (secondary N) is 1. The molecule has 1 aromatic carbocycles. The lowest BCUT2D eigenvalue weighted by Crippen LogP contribution is -2.39. The predicted octanol–water partition coefficient (Wildman–Crippen LogP) is 5.64. The number of rotatable bonds is 1. The van der Waals surface area contributed by atoms with Gasteiger partial charge in [-0.3, -0.25) is 0 Å². The van der Waals surface area contributed by atoms with Crippen molar-refractivity contribution in [2.75, 3.05) is 13.1 Å². The van der Waals surface area contributed by atoms with E-state index in [1.165, 1.54) is 6.07 Å². The summed E-state index contributed by atoms with van der Waals surface area (Å²) in [6.45, 7) is 6.43. The number of hydrogen-bond acceptors (Lipinski definition) is 2. The molecule has 2 aromatic rings. The second kappa shape index (κ2) is 6.54. The number of aromatic nitrogens is 1. The maximum absolute atomic E-state index is 14.0. The first-order chi connectivity index (χ1) is 11.7. The molecule has 1 aliphatic rings. The highest BCUT2D eigenvalue weighted by Crippen LogP contribution is 2.38. The minimum Gasteiger partial charge on any atom is -0.444 e. The molecule has 0 unspecified atom stereocenters. The van der Waals surface area contributed by atoms with Crippen molar-refractivity contribution in [2.24, 2.45) is 0 Å². The molecule has 0 saturated carbocycles. The molecule has 2 heterocycles. The Balaban J connectivity index is 1.94. The van der Waals surface area contributed by atoms with Gasteiger partial charge >= 0.3 is 6.09 Å². The number of H-pyrrole nitrogens is 1. The molecule has 134 valence electrons. The van der Waals surface area contributed by atoms with E-state index in [0.29, 0.717) is 30.4 Å². The Hall–Kier alpha value is -1.72. The van der Waals surface area contributed by atoms with Crippen LogP contribution in [0.1, 0.15) is 32.8 Å². The van der Waals surface area contributed by atoms with Crippen LogP contribution in [0.5, 0.6) is 0 Å². The fourth-order valence-corrected chi connectivity index (χ4v) is 3.38. The fraction of sp³-hybridized carbons (Fsp3) is 0.389. The first kappa shape index (κ1) is 18.1. The number of halogens is 3. The van der Waals surface area contributed by atoms with Gasteiger partial charge in [0.2, 0.25) is 0 Å².